The van der Waals surface area contributed by atoms with Gasteiger partial charge in [-0.1, -0.05) is 63.3 Å². The minimum atomic E-state index is -1.73. The smallest absolute Gasteiger partial charge is 0.305 e. The van der Waals surface area contributed by atoms with Gasteiger partial charge in [0, 0.05) is 6.42 Å². The van der Waals surface area contributed by atoms with E-state index in [1.54, 1.807) is 0 Å². The maximum Gasteiger partial charge on any atom is 0.305 e. The van der Waals surface area contributed by atoms with E-state index in [2.05, 4.69) is 31.2 Å². The summed E-state index contributed by atoms with van der Waals surface area (Å²) in [5, 5.41) is 80.3. The second-order valence-electron chi connectivity index (χ2n) is 12.2. The van der Waals surface area contributed by atoms with Gasteiger partial charge in [-0.15, -0.1) is 0 Å². The van der Waals surface area contributed by atoms with Gasteiger partial charge < -0.3 is 64.5 Å². The van der Waals surface area contributed by atoms with Crippen LogP contribution >= 0.6 is 0 Å². The van der Waals surface area contributed by atoms with Crippen molar-refractivity contribution in [3.05, 3.63) is 24.3 Å². The molecule has 2 rings (SSSR count). The second-order valence-corrected chi connectivity index (χ2v) is 12.2. The molecule has 0 spiro atoms. The number of allylic oxidation sites excluding steroid dienone is 4. The maximum absolute atomic E-state index is 12.1. The molecule has 0 aromatic heterocycles. The van der Waals surface area contributed by atoms with E-state index in [0.29, 0.717) is 6.42 Å². The van der Waals surface area contributed by atoms with Crippen molar-refractivity contribution < 1.29 is 69.3 Å². The van der Waals surface area contributed by atoms with Crippen molar-refractivity contribution in [2.75, 3.05) is 26.4 Å². The molecule has 2 aliphatic rings. The number of esters is 1. The average Bonchev–Trinajstić information content (AvgIpc) is 3.06. The molecular weight excluding hydrogens is 620 g/mol. The maximum atomic E-state index is 12.1. The highest BCUT2D eigenvalue weighted by atomic mass is 16.7. The molecule has 8 N–H and O–H groups in total. The van der Waals surface area contributed by atoms with Gasteiger partial charge in [-0.05, 0) is 38.5 Å². The molecule has 2 heterocycles. The minimum absolute atomic E-state index is 0.225. The van der Waals surface area contributed by atoms with Gasteiger partial charge in [0.15, 0.2) is 12.6 Å². The summed E-state index contributed by atoms with van der Waals surface area (Å²) in [6.07, 6.45) is 4.08. The van der Waals surface area contributed by atoms with E-state index >= 15 is 0 Å². The van der Waals surface area contributed by atoms with Crippen LogP contribution in [0, 0.1) is 0 Å². The molecule has 0 saturated carbocycles. The first-order valence-corrected chi connectivity index (χ1v) is 17.0. The topological polar surface area (TPSA) is 225 Å². The predicted octanol–water partition coefficient (Wildman–Crippen LogP) is 0.345. The highest BCUT2D eigenvalue weighted by Crippen LogP contribution is 2.26. The van der Waals surface area contributed by atoms with Crippen LogP contribution in [0.15, 0.2) is 24.3 Å². The van der Waals surface area contributed by atoms with Crippen molar-refractivity contribution in [2.45, 2.75) is 151 Å². The molecule has 0 bridgehead atoms. The van der Waals surface area contributed by atoms with Crippen LogP contribution in [0.25, 0.3) is 0 Å². The summed E-state index contributed by atoms with van der Waals surface area (Å²) < 4.78 is 26.6. The Bertz CT molecular complexity index is 885. The number of rotatable bonds is 23. The second kappa shape index (κ2) is 23.8. The molecule has 0 aromatic carbocycles. The molecule has 11 atom stereocenters. The van der Waals surface area contributed by atoms with Gasteiger partial charge in [0.25, 0.3) is 0 Å². The third kappa shape index (κ3) is 15.3. The third-order valence-corrected chi connectivity index (χ3v) is 8.16. The quantitative estimate of drug-likeness (QED) is 0.0415. The van der Waals surface area contributed by atoms with Crippen LogP contribution in [0.1, 0.15) is 84.0 Å². The molecular formula is C33H58O14. The van der Waals surface area contributed by atoms with Crippen molar-refractivity contribution in [3.63, 3.8) is 0 Å². The molecule has 14 heteroatoms. The number of hydrogen-bond acceptors (Lipinski definition) is 14. The monoisotopic (exact) mass is 678 g/mol. The lowest BCUT2D eigenvalue weighted by atomic mass is 9.98. The summed E-state index contributed by atoms with van der Waals surface area (Å²) in [6.45, 7) is 0.250. The van der Waals surface area contributed by atoms with Crippen LogP contribution in [0.4, 0.5) is 0 Å². The molecule has 0 aromatic rings. The van der Waals surface area contributed by atoms with Gasteiger partial charge in [-0.2, -0.15) is 0 Å². The van der Waals surface area contributed by atoms with Gasteiger partial charge >= 0.3 is 5.97 Å². The van der Waals surface area contributed by atoms with E-state index in [9.17, 15) is 45.6 Å². The fourth-order valence-corrected chi connectivity index (χ4v) is 5.18. The standard InChI is InChI=1S/C33H58O14/c1-2-3-4-5-6-7-8-9-10-11-12-13-14-15-16-17-25(36)43-19-22(35)20-44-32-31(42)29(40)27(38)24(47-32)21-45-33-30(41)28(39)26(37)23(18-34)46-33/h6-7,9-10,22-24,26-35,37-42H,2-5,8,11-21H2,1H3/b7-6-,10-9-/t22?,23?,24?,26-,27-,28?,29?,30?,31?,32+,33-/m0/s1. The summed E-state index contributed by atoms with van der Waals surface area (Å²) >= 11 is 0. The number of unbranched alkanes of at least 4 members (excludes halogenated alkanes) is 8. The summed E-state index contributed by atoms with van der Waals surface area (Å²) in [7, 11) is 0. The van der Waals surface area contributed by atoms with E-state index in [4.69, 9.17) is 23.7 Å². The molecule has 0 amide bonds. The van der Waals surface area contributed by atoms with Gasteiger partial charge in [0.2, 0.25) is 0 Å². The largest absolute Gasteiger partial charge is 0.463 e. The first-order chi connectivity index (χ1) is 22.6. The highest BCUT2D eigenvalue weighted by Gasteiger charge is 2.47. The molecule has 2 aliphatic heterocycles. The number of ether oxygens (including phenoxy) is 5. The molecule has 2 fully saturated rings. The first kappa shape index (κ1) is 41.6. The van der Waals surface area contributed by atoms with Crippen LogP contribution in [0.2, 0.25) is 0 Å². The SMILES string of the molecule is CCCCC/C=C\C/C=C\CCCCCCCC(=O)OCC(O)CO[C@@H]1OC(CO[C@H]2OC(CO)[C@H](O)C(O)C2O)[C@H](O)C(O)C1O. The van der Waals surface area contributed by atoms with Crippen LogP contribution in [0.5, 0.6) is 0 Å². The average molecular weight is 679 g/mol. The summed E-state index contributed by atoms with van der Waals surface area (Å²) in [4.78, 5) is 12.1. The Morgan fingerprint density at radius 2 is 1.23 bits per heavy atom. The number of hydrogen-bond donors (Lipinski definition) is 8. The van der Waals surface area contributed by atoms with Crippen LogP contribution in [-0.4, -0.2) is 141 Å². The van der Waals surface area contributed by atoms with Crippen molar-refractivity contribution in [2.24, 2.45) is 0 Å². The zero-order chi connectivity index (χ0) is 34.6. The molecule has 0 aliphatic carbocycles. The fraction of sp³-hybridized carbons (Fsp3) is 0.848. The van der Waals surface area contributed by atoms with E-state index in [1.807, 2.05) is 0 Å². The van der Waals surface area contributed by atoms with Gasteiger partial charge in [-0.3, -0.25) is 4.79 Å². The molecule has 274 valence electrons. The Morgan fingerprint density at radius 1 is 0.681 bits per heavy atom. The van der Waals surface area contributed by atoms with Crippen molar-refractivity contribution in [1.82, 2.24) is 0 Å². The minimum Gasteiger partial charge on any atom is -0.463 e. The van der Waals surface area contributed by atoms with Crippen molar-refractivity contribution in [3.8, 4) is 0 Å². The lowest BCUT2D eigenvalue weighted by molar-refractivity contribution is -0.332. The van der Waals surface area contributed by atoms with Gasteiger partial charge in [0.1, 0.15) is 61.5 Å². The Balaban J connectivity index is 1.58. The molecule has 47 heavy (non-hydrogen) atoms. The third-order valence-electron chi connectivity index (χ3n) is 8.16. The highest BCUT2D eigenvalue weighted by molar-refractivity contribution is 5.69. The lowest BCUT2D eigenvalue weighted by Gasteiger charge is -2.42. The summed E-state index contributed by atoms with van der Waals surface area (Å²) in [5.41, 5.74) is 0. The number of carbonyl (C=O) groups is 1. The number of aliphatic hydroxyl groups excluding tert-OH is 8. The van der Waals surface area contributed by atoms with E-state index in [-0.39, 0.29) is 13.0 Å². The Kier molecular flexibility index (Phi) is 21.1. The zero-order valence-corrected chi connectivity index (χ0v) is 27.5. The molecule has 0 radical (unpaired) electrons. The number of carbonyl (C=O) groups excluding carboxylic acids is 1. The zero-order valence-electron chi connectivity index (χ0n) is 27.5. The van der Waals surface area contributed by atoms with Crippen LogP contribution in [-0.2, 0) is 28.5 Å². The van der Waals surface area contributed by atoms with Crippen molar-refractivity contribution >= 4 is 5.97 Å². The van der Waals surface area contributed by atoms with E-state index < -0.39 is 93.3 Å². The summed E-state index contributed by atoms with van der Waals surface area (Å²) in [6, 6.07) is 0. The predicted molar refractivity (Wildman–Crippen MR) is 169 cm³/mol. The van der Waals surface area contributed by atoms with E-state index in [0.717, 1.165) is 44.9 Å². The lowest BCUT2D eigenvalue weighted by Crippen LogP contribution is -2.61. The summed E-state index contributed by atoms with van der Waals surface area (Å²) in [5.74, 6) is -0.451. The Hall–Kier alpha value is -1.53. The first-order valence-electron chi connectivity index (χ1n) is 17.0. The Labute approximate surface area is 277 Å². The fourth-order valence-electron chi connectivity index (χ4n) is 5.18. The Morgan fingerprint density at radius 3 is 1.87 bits per heavy atom. The van der Waals surface area contributed by atoms with Crippen molar-refractivity contribution in [1.29, 1.82) is 0 Å². The molecule has 14 nitrogen and oxygen atoms in total. The molecule has 2 saturated heterocycles. The van der Waals surface area contributed by atoms with Crippen LogP contribution in [0.3, 0.4) is 0 Å². The molecule has 7 unspecified atom stereocenters. The van der Waals surface area contributed by atoms with E-state index in [1.165, 1.54) is 19.3 Å². The van der Waals surface area contributed by atoms with Gasteiger partial charge in [-0.25, -0.2) is 0 Å². The van der Waals surface area contributed by atoms with Crippen LogP contribution < -0.4 is 0 Å². The van der Waals surface area contributed by atoms with Gasteiger partial charge in [0.05, 0.1) is 19.8 Å². The normalized spacial score (nSPS) is 32.3. The number of aliphatic hydroxyl groups is 8.